The third kappa shape index (κ3) is 5.27. The molecule has 2 heterocycles. The van der Waals surface area contributed by atoms with Gasteiger partial charge in [0.2, 0.25) is 5.91 Å². The number of benzene rings is 1. The molecule has 1 aromatic carbocycles. The number of aryl methyl sites for hydroxylation is 1. The second-order valence-corrected chi connectivity index (χ2v) is 6.01. The third-order valence-corrected chi connectivity index (χ3v) is 4.08. The summed E-state index contributed by atoms with van der Waals surface area (Å²) in [5.74, 6) is 1.38. The number of ether oxygens (including phenoxy) is 1. The molecule has 0 aliphatic carbocycles. The van der Waals surface area contributed by atoms with E-state index < -0.39 is 0 Å². The molecular weight excluding hydrogens is 351 g/mol. The fourth-order valence-corrected chi connectivity index (χ4v) is 2.63. The van der Waals surface area contributed by atoms with Crippen molar-refractivity contribution in [3.05, 3.63) is 66.3 Å². The summed E-state index contributed by atoms with van der Waals surface area (Å²) in [4.78, 5) is 18.5. The normalized spacial score (nSPS) is 10.9. The van der Waals surface area contributed by atoms with E-state index in [1.807, 2.05) is 6.07 Å². The number of carbonyl (C=O) groups excluding carboxylic acids is 1. The average Bonchev–Trinajstić information content (AvgIpc) is 3.35. The Balaban J connectivity index is 1.58. The molecule has 0 aliphatic rings. The van der Waals surface area contributed by atoms with Crippen LogP contribution in [0.2, 0.25) is 0 Å². The molecule has 0 saturated carbocycles. The molecule has 0 fully saturated rings. The van der Waals surface area contributed by atoms with Gasteiger partial charge in [-0.25, -0.2) is 9.37 Å². The molecule has 0 atom stereocenters. The van der Waals surface area contributed by atoms with Crippen LogP contribution in [0.25, 0.3) is 11.3 Å². The molecule has 142 valence electrons. The number of amides is 1. The van der Waals surface area contributed by atoms with E-state index in [1.54, 1.807) is 42.7 Å². The molecular formula is C20H21FN2O4. The van der Waals surface area contributed by atoms with E-state index >= 15 is 0 Å². The maximum absolute atomic E-state index is 13.0. The lowest BCUT2D eigenvalue weighted by molar-refractivity contribution is -0.132. The molecule has 7 heteroatoms. The molecule has 0 N–H and O–H groups in total. The number of nitrogens with zero attached hydrogens (tertiary/aromatic N) is 2. The van der Waals surface area contributed by atoms with Gasteiger partial charge in [0.05, 0.1) is 25.6 Å². The van der Waals surface area contributed by atoms with Gasteiger partial charge in [-0.3, -0.25) is 4.79 Å². The number of methoxy groups -OCH3 is 1. The predicted molar refractivity (Wildman–Crippen MR) is 96.2 cm³/mol. The van der Waals surface area contributed by atoms with Crippen LogP contribution in [0.4, 0.5) is 4.39 Å². The number of oxazole rings is 1. The van der Waals surface area contributed by atoms with Crippen LogP contribution in [-0.4, -0.2) is 36.1 Å². The molecule has 6 nitrogen and oxygen atoms in total. The zero-order valence-electron chi connectivity index (χ0n) is 15.1. The zero-order chi connectivity index (χ0) is 19.1. The Labute approximate surface area is 156 Å². The van der Waals surface area contributed by atoms with Gasteiger partial charge in [0.15, 0.2) is 11.7 Å². The first-order valence-electron chi connectivity index (χ1n) is 8.65. The molecule has 0 unspecified atom stereocenters. The summed E-state index contributed by atoms with van der Waals surface area (Å²) in [6, 6.07) is 9.60. The lowest BCUT2D eigenvalue weighted by atomic mass is 10.2. The van der Waals surface area contributed by atoms with Crippen molar-refractivity contribution >= 4 is 5.91 Å². The van der Waals surface area contributed by atoms with Crippen molar-refractivity contribution in [2.75, 3.05) is 20.3 Å². The molecule has 0 spiro atoms. The van der Waals surface area contributed by atoms with Crippen LogP contribution >= 0.6 is 0 Å². The number of rotatable bonds is 9. The predicted octanol–water partition coefficient (Wildman–Crippen LogP) is 3.68. The van der Waals surface area contributed by atoms with E-state index in [1.165, 1.54) is 12.1 Å². The highest BCUT2D eigenvalue weighted by Gasteiger charge is 2.16. The maximum atomic E-state index is 13.0. The first kappa shape index (κ1) is 18.8. The van der Waals surface area contributed by atoms with Crippen LogP contribution in [0.15, 0.2) is 57.7 Å². The first-order valence-corrected chi connectivity index (χ1v) is 8.65. The first-order chi connectivity index (χ1) is 13.2. The van der Waals surface area contributed by atoms with Gasteiger partial charge < -0.3 is 18.5 Å². The van der Waals surface area contributed by atoms with Gasteiger partial charge in [-0.15, -0.1) is 0 Å². The van der Waals surface area contributed by atoms with E-state index in [2.05, 4.69) is 4.98 Å². The summed E-state index contributed by atoms with van der Waals surface area (Å²) in [5, 5.41) is 0. The Morgan fingerprint density at radius 3 is 2.78 bits per heavy atom. The summed E-state index contributed by atoms with van der Waals surface area (Å²) >= 11 is 0. The van der Waals surface area contributed by atoms with Crippen molar-refractivity contribution in [3.8, 4) is 11.3 Å². The fourth-order valence-electron chi connectivity index (χ4n) is 2.63. The Morgan fingerprint density at radius 2 is 2.07 bits per heavy atom. The molecule has 2 aromatic heterocycles. The Kier molecular flexibility index (Phi) is 6.38. The summed E-state index contributed by atoms with van der Waals surface area (Å²) in [6.07, 6.45) is 3.80. The van der Waals surface area contributed by atoms with E-state index in [0.29, 0.717) is 43.5 Å². The Bertz CT molecular complexity index is 843. The van der Waals surface area contributed by atoms with E-state index in [9.17, 15) is 9.18 Å². The highest BCUT2D eigenvalue weighted by molar-refractivity contribution is 5.76. The topological polar surface area (TPSA) is 68.7 Å². The van der Waals surface area contributed by atoms with E-state index in [0.717, 1.165) is 5.56 Å². The Hall–Kier alpha value is -2.93. The summed E-state index contributed by atoms with van der Waals surface area (Å²) in [5.41, 5.74) is 0.737. The van der Waals surface area contributed by atoms with Gasteiger partial charge in [-0.1, -0.05) is 0 Å². The van der Waals surface area contributed by atoms with Crippen molar-refractivity contribution in [2.24, 2.45) is 0 Å². The van der Waals surface area contributed by atoms with Gasteiger partial charge in [0.1, 0.15) is 11.6 Å². The van der Waals surface area contributed by atoms with Crippen LogP contribution < -0.4 is 0 Å². The van der Waals surface area contributed by atoms with Crippen LogP contribution in [0.3, 0.4) is 0 Å². The largest absolute Gasteiger partial charge is 0.467 e. The van der Waals surface area contributed by atoms with E-state index in [4.69, 9.17) is 13.6 Å². The zero-order valence-corrected chi connectivity index (χ0v) is 15.1. The van der Waals surface area contributed by atoms with Gasteiger partial charge in [0, 0.05) is 32.1 Å². The highest BCUT2D eigenvalue weighted by Crippen LogP contribution is 2.21. The van der Waals surface area contributed by atoms with Crippen LogP contribution in [0.1, 0.15) is 18.1 Å². The fraction of sp³-hybridized carbons (Fsp3) is 0.300. The molecule has 0 saturated heterocycles. The third-order valence-electron chi connectivity index (χ3n) is 4.08. The van der Waals surface area contributed by atoms with Crippen molar-refractivity contribution in [1.29, 1.82) is 0 Å². The van der Waals surface area contributed by atoms with Crippen molar-refractivity contribution in [3.63, 3.8) is 0 Å². The minimum atomic E-state index is -0.309. The quantitative estimate of drug-likeness (QED) is 0.573. The molecule has 0 aliphatic heterocycles. The second-order valence-electron chi connectivity index (χ2n) is 6.01. The van der Waals surface area contributed by atoms with Gasteiger partial charge >= 0.3 is 0 Å². The number of halogens is 1. The lowest BCUT2D eigenvalue weighted by Crippen LogP contribution is -2.33. The maximum Gasteiger partial charge on any atom is 0.223 e. The second kappa shape index (κ2) is 9.14. The number of furan rings is 1. The number of aromatic nitrogens is 1. The van der Waals surface area contributed by atoms with Crippen LogP contribution in [-0.2, 0) is 22.5 Å². The minimum Gasteiger partial charge on any atom is -0.467 e. The molecule has 27 heavy (non-hydrogen) atoms. The molecule has 3 aromatic rings. The van der Waals surface area contributed by atoms with Crippen LogP contribution in [0, 0.1) is 5.82 Å². The smallest absolute Gasteiger partial charge is 0.223 e. The lowest BCUT2D eigenvalue weighted by Gasteiger charge is -2.21. The number of hydrogen-bond donors (Lipinski definition) is 0. The van der Waals surface area contributed by atoms with Gasteiger partial charge in [-0.05, 0) is 36.4 Å². The van der Waals surface area contributed by atoms with Crippen molar-refractivity contribution < 1.29 is 22.8 Å². The summed E-state index contributed by atoms with van der Waals surface area (Å²) in [6.45, 7) is 1.31. The van der Waals surface area contributed by atoms with Crippen LogP contribution in [0.5, 0.6) is 0 Å². The van der Waals surface area contributed by atoms with Crippen molar-refractivity contribution in [2.45, 2.75) is 19.4 Å². The van der Waals surface area contributed by atoms with Gasteiger partial charge in [0.25, 0.3) is 0 Å². The number of carbonyl (C=O) groups is 1. The monoisotopic (exact) mass is 372 g/mol. The highest BCUT2D eigenvalue weighted by atomic mass is 19.1. The molecule has 0 radical (unpaired) electrons. The standard InChI is InChI=1S/C20H21FN2O4/c1-25-12-10-23(14-17-3-2-11-26-17)20(24)9-8-19-22-13-18(27-19)15-4-6-16(21)7-5-15/h2-7,11,13H,8-10,12,14H2,1H3. The molecule has 3 rings (SSSR count). The van der Waals surface area contributed by atoms with Crippen molar-refractivity contribution in [1.82, 2.24) is 9.88 Å². The average molecular weight is 372 g/mol. The van der Waals surface area contributed by atoms with Gasteiger partial charge in [-0.2, -0.15) is 0 Å². The number of hydrogen-bond acceptors (Lipinski definition) is 5. The molecule has 1 amide bonds. The van der Waals surface area contributed by atoms with E-state index in [-0.39, 0.29) is 18.1 Å². The molecule has 0 bridgehead atoms. The Morgan fingerprint density at radius 1 is 1.26 bits per heavy atom. The SMILES string of the molecule is COCCN(Cc1ccco1)C(=O)CCc1ncc(-c2ccc(F)cc2)o1. The minimum absolute atomic E-state index is 0.0371. The summed E-state index contributed by atoms with van der Waals surface area (Å²) < 4.78 is 29.1. The summed E-state index contributed by atoms with van der Waals surface area (Å²) in [7, 11) is 1.60.